The summed E-state index contributed by atoms with van der Waals surface area (Å²) in [6, 6.07) is 11.3. The molecule has 27 heavy (non-hydrogen) atoms. The highest BCUT2D eigenvalue weighted by Gasteiger charge is 2.18. The van der Waals surface area contributed by atoms with Crippen LogP contribution in [0.2, 0.25) is 0 Å². The molecule has 1 atom stereocenters. The molecular formula is C19H18FNO5S. The Morgan fingerprint density at radius 3 is 2.22 bits per heavy atom. The van der Waals surface area contributed by atoms with Gasteiger partial charge in [0.1, 0.15) is 5.82 Å². The first-order valence-electron chi connectivity index (χ1n) is 7.90. The Morgan fingerprint density at radius 2 is 1.67 bits per heavy atom. The number of nitrogens with one attached hydrogen (secondary N) is 1. The van der Waals surface area contributed by atoms with Crippen molar-refractivity contribution < 1.29 is 27.1 Å². The van der Waals surface area contributed by atoms with Crippen LogP contribution in [0.5, 0.6) is 0 Å². The van der Waals surface area contributed by atoms with Gasteiger partial charge in [-0.1, -0.05) is 12.1 Å². The van der Waals surface area contributed by atoms with Crippen LogP contribution >= 0.6 is 0 Å². The zero-order valence-corrected chi connectivity index (χ0v) is 15.5. The van der Waals surface area contributed by atoms with Crippen molar-refractivity contribution in [2.75, 3.05) is 11.0 Å². The molecule has 0 heterocycles. The molecule has 2 aromatic carbocycles. The van der Waals surface area contributed by atoms with Crippen molar-refractivity contribution in [2.45, 2.75) is 13.0 Å². The quantitative estimate of drug-likeness (QED) is 0.445. The lowest BCUT2D eigenvalue weighted by Gasteiger charge is -2.11. The lowest BCUT2D eigenvalue weighted by atomic mass is 10.1. The van der Waals surface area contributed by atoms with Crippen molar-refractivity contribution in [3.63, 3.8) is 0 Å². The number of ketones is 1. The minimum absolute atomic E-state index is 0.275. The van der Waals surface area contributed by atoms with Crippen molar-refractivity contribution in [2.24, 2.45) is 0 Å². The van der Waals surface area contributed by atoms with E-state index >= 15 is 0 Å². The van der Waals surface area contributed by atoms with E-state index in [1.807, 2.05) is 0 Å². The first-order valence-corrected chi connectivity index (χ1v) is 9.79. The van der Waals surface area contributed by atoms with Gasteiger partial charge in [0.05, 0.1) is 6.26 Å². The van der Waals surface area contributed by atoms with E-state index in [1.54, 1.807) is 0 Å². The number of anilines is 1. The summed E-state index contributed by atoms with van der Waals surface area (Å²) in [6.07, 6.45) is 2.59. The van der Waals surface area contributed by atoms with Gasteiger partial charge in [-0.25, -0.2) is 17.6 Å². The summed E-state index contributed by atoms with van der Waals surface area (Å²) in [5, 5.41) is 0. The summed E-state index contributed by atoms with van der Waals surface area (Å²) in [7, 11) is -3.41. The molecule has 0 saturated heterocycles. The highest BCUT2D eigenvalue weighted by Crippen LogP contribution is 2.14. The van der Waals surface area contributed by atoms with E-state index in [-0.39, 0.29) is 11.4 Å². The summed E-state index contributed by atoms with van der Waals surface area (Å²) in [6.45, 7) is 1.44. The van der Waals surface area contributed by atoms with E-state index in [1.165, 1.54) is 61.5 Å². The van der Waals surface area contributed by atoms with Crippen molar-refractivity contribution >= 4 is 33.5 Å². The number of hydrogen-bond donors (Lipinski definition) is 1. The topological polar surface area (TPSA) is 89.5 Å². The van der Waals surface area contributed by atoms with Gasteiger partial charge in [-0.15, -0.1) is 0 Å². The highest BCUT2D eigenvalue weighted by molar-refractivity contribution is 7.92. The molecule has 0 bridgehead atoms. The summed E-state index contributed by atoms with van der Waals surface area (Å²) in [5.41, 5.74) is 1.21. The van der Waals surface area contributed by atoms with Crippen molar-refractivity contribution in [1.82, 2.24) is 0 Å². The largest absolute Gasteiger partial charge is 0.451 e. The average Bonchev–Trinajstić information content (AvgIpc) is 2.60. The molecule has 2 aromatic rings. The van der Waals surface area contributed by atoms with Crippen LogP contribution in [0.25, 0.3) is 6.08 Å². The molecular weight excluding hydrogens is 373 g/mol. The highest BCUT2D eigenvalue weighted by atomic mass is 32.2. The SMILES string of the molecule is CC(OC(=O)/C=C/c1ccc(F)cc1)C(=O)c1ccc(NS(C)(=O)=O)cc1. The monoisotopic (exact) mass is 391 g/mol. The second kappa shape index (κ2) is 8.59. The van der Waals surface area contributed by atoms with Crippen LogP contribution in [0.15, 0.2) is 54.6 Å². The second-order valence-electron chi connectivity index (χ2n) is 5.78. The lowest BCUT2D eigenvalue weighted by molar-refractivity contribution is -0.140. The normalized spacial score (nSPS) is 12.6. The fourth-order valence-corrected chi connectivity index (χ4v) is 2.72. The van der Waals surface area contributed by atoms with Crippen molar-refractivity contribution in [3.8, 4) is 0 Å². The summed E-state index contributed by atoms with van der Waals surface area (Å²) >= 11 is 0. The molecule has 0 radical (unpaired) electrons. The third-order valence-corrected chi connectivity index (χ3v) is 4.02. The van der Waals surface area contributed by atoms with Crippen molar-refractivity contribution in [3.05, 3.63) is 71.6 Å². The van der Waals surface area contributed by atoms with Gasteiger partial charge in [0.2, 0.25) is 15.8 Å². The van der Waals surface area contributed by atoms with Gasteiger partial charge in [0, 0.05) is 17.3 Å². The Morgan fingerprint density at radius 1 is 1.07 bits per heavy atom. The zero-order chi connectivity index (χ0) is 20.0. The number of sulfonamides is 1. The van der Waals surface area contributed by atoms with E-state index in [2.05, 4.69) is 4.72 Å². The van der Waals surface area contributed by atoms with Crippen LogP contribution in [-0.2, 0) is 19.6 Å². The van der Waals surface area contributed by atoms with Crippen LogP contribution < -0.4 is 4.72 Å². The first-order chi connectivity index (χ1) is 12.6. The minimum atomic E-state index is -3.41. The molecule has 6 nitrogen and oxygen atoms in total. The lowest BCUT2D eigenvalue weighted by Crippen LogP contribution is -2.23. The molecule has 1 unspecified atom stereocenters. The maximum Gasteiger partial charge on any atom is 0.331 e. The molecule has 2 rings (SSSR count). The fourth-order valence-electron chi connectivity index (χ4n) is 2.16. The molecule has 0 saturated carbocycles. The first kappa shape index (κ1) is 20.3. The molecule has 8 heteroatoms. The molecule has 0 fully saturated rings. The zero-order valence-electron chi connectivity index (χ0n) is 14.7. The predicted octanol–water partition coefficient (Wildman–Crippen LogP) is 3.03. The van der Waals surface area contributed by atoms with Gasteiger partial charge < -0.3 is 4.74 Å². The van der Waals surface area contributed by atoms with E-state index in [0.717, 1.165) is 12.3 Å². The Kier molecular flexibility index (Phi) is 6.46. The summed E-state index contributed by atoms with van der Waals surface area (Å²) in [5.74, 6) is -1.52. The van der Waals surface area contributed by atoms with Gasteiger partial charge in [-0.3, -0.25) is 9.52 Å². The van der Waals surface area contributed by atoms with Gasteiger partial charge in [0.15, 0.2) is 6.10 Å². The maximum atomic E-state index is 12.8. The third kappa shape index (κ3) is 6.67. The number of halogens is 1. The van der Waals surface area contributed by atoms with E-state index in [9.17, 15) is 22.4 Å². The van der Waals surface area contributed by atoms with Crippen LogP contribution in [0, 0.1) is 5.82 Å². The number of carbonyl (C=O) groups excluding carboxylic acids is 2. The van der Waals surface area contributed by atoms with Crippen LogP contribution in [0.3, 0.4) is 0 Å². The van der Waals surface area contributed by atoms with Gasteiger partial charge in [-0.2, -0.15) is 0 Å². The van der Waals surface area contributed by atoms with Crippen LogP contribution in [0.4, 0.5) is 10.1 Å². The molecule has 0 spiro atoms. The number of benzene rings is 2. The van der Waals surface area contributed by atoms with E-state index in [0.29, 0.717) is 11.3 Å². The maximum absolute atomic E-state index is 12.8. The van der Waals surface area contributed by atoms with Crippen LogP contribution in [-0.4, -0.2) is 32.5 Å². The average molecular weight is 391 g/mol. The molecule has 0 aliphatic carbocycles. The van der Waals surface area contributed by atoms with Crippen molar-refractivity contribution in [1.29, 1.82) is 0 Å². The molecule has 0 aliphatic rings. The molecule has 142 valence electrons. The van der Waals surface area contributed by atoms with Gasteiger partial charge in [-0.05, 0) is 55.0 Å². The number of carbonyl (C=O) groups is 2. The Balaban J connectivity index is 1.96. The summed E-state index contributed by atoms with van der Waals surface area (Å²) in [4.78, 5) is 24.1. The number of Topliss-reactive ketones (excluding diaryl/α,β-unsaturated/α-hetero) is 1. The minimum Gasteiger partial charge on any atom is -0.451 e. The van der Waals surface area contributed by atoms with E-state index < -0.39 is 27.9 Å². The number of esters is 1. The molecule has 0 amide bonds. The predicted molar refractivity (Wildman–Crippen MR) is 100 cm³/mol. The molecule has 1 N–H and O–H groups in total. The number of ether oxygens (including phenoxy) is 1. The van der Waals surface area contributed by atoms with Gasteiger partial charge in [0.25, 0.3) is 0 Å². The Hall–Kier alpha value is -3.00. The Labute approximate surface area is 156 Å². The van der Waals surface area contributed by atoms with Gasteiger partial charge >= 0.3 is 5.97 Å². The number of hydrogen-bond acceptors (Lipinski definition) is 5. The van der Waals surface area contributed by atoms with E-state index in [4.69, 9.17) is 4.74 Å². The standard InChI is InChI=1S/C19H18FNO5S/c1-13(26-18(22)12-5-14-3-8-16(20)9-4-14)19(23)15-6-10-17(11-7-15)21-27(2,24)25/h3-13,21H,1-2H3/b12-5+. The van der Waals surface area contributed by atoms with Crippen LogP contribution in [0.1, 0.15) is 22.8 Å². The molecule has 0 aromatic heterocycles. The Bertz CT molecular complexity index is 951. The summed E-state index contributed by atoms with van der Waals surface area (Å²) < 4.78 is 42.5. The smallest absolute Gasteiger partial charge is 0.331 e. The fraction of sp³-hybridized carbons (Fsp3) is 0.158. The second-order valence-corrected chi connectivity index (χ2v) is 7.53. The number of rotatable bonds is 7. The molecule has 0 aliphatic heterocycles. The third-order valence-electron chi connectivity index (χ3n) is 3.42.